The highest BCUT2D eigenvalue weighted by Crippen LogP contribution is 2.31. The number of ether oxygens (including phenoxy) is 2. The van der Waals surface area contributed by atoms with Crippen LogP contribution in [-0.2, 0) is 22.7 Å². The molecule has 2 aromatic rings. The molecule has 3 heterocycles. The fraction of sp³-hybridized carbons (Fsp3) is 0.318. The van der Waals surface area contributed by atoms with Gasteiger partial charge in [-0.05, 0) is 42.4 Å². The SMILES string of the molecule is CN1CC(=O)Nc2ncc(/C=C/C(=O)N(C)Cc3ccc4c(c3)OCCO4)cc2C1. The van der Waals surface area contributed by atoms with Gasteiger partial charge in [0.1, 0.15) is 19.0 Å². The molecule has 0 unspecified atom stereocenters. The smallest absolute Gasteiger partial charge is 0.246 e. The van der Waals surface area contributed by atoms with E-state index >= 15 is 0 Å². The van der Waals surface area contributed by atoms with Gasteiger partial charge in [-0.25, -0.2) is 4.98 Å². The summed E-state index contributed by atoms with van der Waals surface area (Å²) in [5.41, 5.74) is 2.69. The van der Waals surface area contributed by atoms with Crippen LogP contribution >= 0.6 is 0 Å². The second-order valence-corrected chi connectivity index (χ2v) is 7.50. The zero-order valence-corrected chi connectivity index (χ0v) is 17.1. The fourth-order valence-corrected chi connectivity index (χ4v) is 3.45. The van der Waals surface area contributed by atoms with Crippen molar-refractivity contribution in [2.75, 3.05) is 39.2 Å². The molecule has 0 saturated heterocycles. The third-order valence-corrected chi connectivity index (χ3v) is 4.92. The Balaban J connectivity index is 1.41. The van der Waals surface area contributed by atoms with Crippen molar-refractivity contribution in [1.29, 1.82) is 0 Å². The number of hydrogen-bond donors (Lipinski definition) is 1. The Kier molecular flexibility index (Phi) is 5.67. The van der Waals surface area contributed by atoms with E-state index in [4.69, 9.17) is 9.47 Å². The minimum Gasteiger partial charge on any atom is -0.486 e. The molecule has 30 heavy (non-hydrogen) atoms. The molecular weight excluding hydrogens is 384 g/mol. The first-order valence-corrected chi connectivity index (χ1v) is 9.77. The number of amides is 2. The molecule has 4 rings (SSSR count). The average molecular weight is 408 g/mol. The fourth-order valence-electron chi connectivity index (χ4n) is 3.45. The molecule has 0 radical (unpaired) electrons. The quantitative estimate of drug-likeness (QED) is 0.778. The predicted octanol–water partition coefficient (Wildman–Crippen LogP) is 1.91. The minimum atomic E-state index is -0.120. The maximum Gasteiger partial charge on any atom is 0.246 e. The Morgan fingerprint density at radius 1 is 1.23 bits per heavy atom. The first-order valence-electron chi connectivity index (χ1n) is 9.77. The van der Waals surface area contributed by atoms with Crippen LogP contribution < -0.4 is 14.8 Å². The zero-order valence-electron chi connectivity index (χ0n) is 17.1. The molecule has 0 spiro atoms. The van der Waals surface area contributed by atoms with Crippen LogP contribution in [0.15, 0.2) is 36.5 Å². The minimum absolute atomic E-state index is 0.0806. The van der Waals surface area contributed by atoms with Gasteiger partial charge in [0.25, 0.3) is 0 Å². The molecule has 1 aromatic carbocycles. The third kappa shape index (κ3) is 4.60. The number of carbonyl (C=O) groups excluding carboxylic acids is 2. The van der Waals surface area contributed by atoms with Crippen LogP contribution in [0.2, 0.25) is 0 Å². The molecular formula is C22H24N4O4. The highest BCUT2D eigenvalue weighted by molar-refractivity contribution is 5.93. The number of hydrogen-bond acceptors (Lipinski definition) is 6. The van der Waals surface area contributed by atoms with Gasteiger partial charge < -0.3 is 19.7 Å². The number of carbonyl (C=O) groups is 2. The average Bonchev–Trinajstić information content (AvgIpc) is 2.87. The van der Waals surface area contributed by atoms with E-state index in [-0.39, 0.29) is 11.8 Å². The number of anilines is 1. The summed E-state index contributed by atoms with van der Waals surface area (Å²) in [4.78, 5) is 32.2. The molecule has 2 amide bonds. The Hall–Kier alpha value is -3.39. The summed E-state index contributed by atoms with van der Waals surface area (Å²) in [5.74, 6) is 1.82. The van der Waals surface area contributed by atoms with E-state index in [9.17, 15) is 9.59 Å². The molecule has 0 fully saturated rings. The molecule has 2 aliphatic rings. The van der Waals surface area contributed by atoms with E-state index in [1.54, 1.807) is 24.2 Å². The highest BCUT2D eigenvalue weighted by atomic mass is 16.6. The second-order valence-electron chi connectivity index (χ2n) is 7.50. The number of benzene rings is 1. The topological polar surface area (TPSA) is 84.0 Å². The summed E-state index contributed by atoms with van der Waals surface area (Å²) in [7, 11) is 3.64. The van der Waals surface area contributed by atoms with Crippen LogP contribution in [0, 0.1) is 0 Å². The largest absolute Gasteiger partial charge is 0.486 e. The number of pyridine rings is 1. The summed E-state index contributed by atoms with van der Waals surface area (Å²) in [6.45, 7) is 2.47. The van der Waals surface area contributed by atoms with Gasteiger partial charge in [0.2, 0.25) is 11.8 Å². The maximum absolute atomic E-state index is 12.5. The highest BCUT2D eigenvalue weighted by Gasteiger charge is 2.18. The number of rotatable bonds is 4. The van der Waals surface area contributed by atoms with E-state index in [0.29, 0.717) is 44.4 Å². The Morgan fingerprint density at radius 3 is 2.87 bits per heavy atom. The monoisotopic (exact) mass is 408 g/mol. The summed E-state index contributed by atoms with van der Waals surface area (Å²) in [5, 5.41) is 2.80. The molecule has 1 aromatic heterocycles. The van der Waals surface area contributed by atoms with Crippen LogP contribution in [-0.4, -0.2) is 60.5 Å². The molecule has 8 nitrogen and oxygen atoms in total. The standard InChI is InChI=1S/C22H24N4O4/c1-25-13-17-9-15(11-23-22(17)24-20(27)14-25)4-6-21(28)26(2)12-16-3-5-18-19(10-16)30-8-7-29-18/h3-6,9-11H,7-8,12-14H2,1-2H3,(H,23,24,27)/b6-4+. The number of aromatic nitrogens is 1. The first kappa shape index (κ1) is 19.9. The van der Waals surface area contributed by atoms with Crippen molar-refractivity contribution in [3.05, 3.63) is 53.2 Å². The van der Waals surface area contributed by atoms with E-state index in [0.717, 1.165) is 22.4 Å². The zero-order chi connectivity index (χ0) is 21.1. The van der Waals surface area contributed by atoms with Crippen molar-refractivity contribution in [3.8, 4) is 11.5 Å². The molecule has 156 valence electrons. The number of nitrogens with zero attached hydrogens (tertiary/aromatic N) is 3. The van der Waals surface area contributed by atoms with E-state index in [1.807, 2.05) is 36.2 Å². The first-order chi connectivity index (χ1) is 14.5. The number of likely N-dealkylation sites (N-methyl/N-ethyl adjacent to an activating group) is 2. The Labute approximate surface area is 175 Å². The van der Waals surface area contributed by atoms with Gasteiger partial charge in [0.05, 0.1) is 6.54 Å². The van der Waals surface area contributed by atoms with Crippen molar-refractivity contribution < 1.29 is 19.1 Å². The molecule has 0 atom stereocenters. The van der Waals surface area contributed by atoms with Crippen LogP contribution in [0.3, 0.4) is 0 Å². The van der Waals surface area contributed by atoms with Crippen LogP contribution in [0.4, 0.5) is 5.82 Å². The van der Waals surface area contributed by atoms with Gasteiger partial charge in [-0.1, -0.05) is 6.07 Å². The van der Waals surface area contributed by atoms with Crippen LogP contribution in [0.25, 0.3) is 6.08 Å². The van der Waals surface area contributed by atoms with Crippen LogP contribution in [0.5, 0.6) is 11.5 Å². The Bertz CT molecular complexity index is 1000. The van der Waals surface area contributed by atoms with Crippen molar-refractivity contribution >= 4 is 23.7 Å². The summed E-state index contributed by atoms with van der Waals surface area (Å²) in [6, 6.07) is 7.65. The lowest BCUT2D eigenvalue weighted by molar-refractivity contribution is -0.125. The van der Waals surface area contributed by atoms with Gasteiger partial charge in [0.15, 0.2) is 11.5 Å². The molecule has 2 aliphatic heterocycles. The normalized spacial score (nSPS) is 16.0. The second kappa shape index (κ2) is 8.54. The number of fused-ring (bicyclic) bond motifs is 2. The van der Waals surface area contributed by atoms with Crippen molar-refractivity contribution in [1.82, 2.24) is 14.8 Å². The lowest BCUT2D eigenvalue weighted by atomic mass is 10.1. The molecule has 0 bridgehead atoms. The Morgan fingerprint density at radius 2 is 2.03 bits per heavy atom. The predicted molar refractivity (Wildman–Crippen MR) is 112 cm³/mol. The summed E-state index contributed by atoms with van der Waals surface area (Å²) >= 11 is 0. The molecule has 0 aliphatic carbocycles. The third-order valence-electron chi connectivity index (χ3n) is 4.92. The van der Waals surface area contributed by atoms with Crippen molar-refractivity contribution in [2.45, 2.75) is 13.1 Å². The van der Waals surface area contributed by atoms with E-state index in [1.165, 1.54) is 6.08 Å². The molecule has 0 saturated carbocycles. The van der Waals surface area contributed by atoms with Gasteiger partial charge in [-0.3, -0.25) is 14.5 Å². The van der Waals surface area contributed by atoms with E-state index in [2.05, 4.69) is 10.3 Å². The lowest BCUT2D eigenvalue weighted by Crippen LogP contribution is -2.26. The molecule has 8 heteroatoms. The summed E-state index contributed by atoms with van der Waals surface area (Å²) in [6.07, 6.45) is 4.91. The number of nitrogens with one attached hydrogen (secondary N) is 1. The summed E-state index contributed by atoms with van der Waals surface area (Å²) < 4.78 is 11.1. The van der Waals surface area contributed by atoms with Gasteiger partial charge in [-0.15, -0.1) is 0 Å². The van der Waals surface area contributed by atoms with Gasteiger partial charge in [0, 0.05) is 38.0 Å². The van der Waals surface area contributed by atoms with Crippen molar-refractivity contribution in [2.24, 2.45) is 0 Å². The molecule has 1 N–H and O–H groups in total. The van der Waals surface area contributed by atoms with Crippen LogP contribution in [0.1, 0.15) is 16.7 Å². The van der Waals surface area contributed by atoms with E-state index < -0.39 is 0 Å². The maximum atomic E-state index is 12.5. The van der Waals surface area contributed by atoms with Gasteiger partial charge >= 0.3 is 0 Å². The van der Waals surface area contributed by atoms with Crippen molar-refractivity contribution in [3.63, 3.8) is 0 Å². The lowest BCUT2D eigenvalue weighted by Gasteiger charge is -2.20. The van der Waals surface area contributed by atoms with Gasteiger partial charge in [-0.2, -0.15) is 0 Å².